The average Bonchev–Trinajstić information content (AvgIpc) is 2.66. The lowest BCUT2D eigenvalue weighted by atomic mass is 10.0. The molecular formula is C22H22N2O2. The minimum atomic E-state index is -0.275. The van der Waals surface area contributed by atoms with E-state index in [9.17, 15) is 9.90 Å². The summed E-state index contributed by atoms with van der Waals surface area (Å²) >= 11 is 0. The fraction of sp³-hybridized carbons (Fsp3) is 0.182. The molecule has 2 N–H and O–H groups in total. The molecule has 0 fully saturated rings. The number of nitrogens with zero attached hydrogens (tertiary/aromatic N) is 1. The summed E-state index contributed by atoms with van der Waals surface area (Å²) in [6, 6.07) is 20.5. The molecule has 4 nitrogen and oxygen atoms in total. The summed E-state index contributed by atoms with van der Waals surface area (Å²) in [5.74, 6) is 0.197. The minimum absolute atomic E-state index is 0.0322. The molecule has 1 heterocycles. The smallest absolute Gasteiger partial charge is 0.221 e. The van der Waals surface area contributed by atoms with Crippen LogP contribution in [0.2, 0.25) is 0 Å². The van der Waals surface area contributed by atoms with E-state index in [4.69, 9.17) is 0 Å². The molecule has 1 unspecified atom stereocenters. The number of amides is 1. The van der Waals surface area contributed by atoms with Gasteiger partial charge >= 0.3 is 0 Å². The maximum absolute atomic E-state index is 12.5. The number of aryl methyl sites for hydroxylation is 2. The van der Waals surface area contributed by atoms with Gasteiger partial charge in [0.05, 0.1) is 11.7 Å². The zero-order chi connectivity index (χ0) is 18.4. The lowest BCUT2D eigenvalue weighted by Gasteiger charge is -2.19. The standard InChI is InChI=1S/C22H22N2O2/c1-16-5-4-6-18(15-16)22(20-7-2-3-14-23-20)24-21(26)13-10-17-8-11-19(25)12-9-17/h2-9,11-12,14-15,22,25H,10,13H2,1H3,(H,24,26). The van der Waals surface area contributed by atoms with Crippen LogP contribution in [0.15, 0.2) is 72.9 Å². The van der Waals surface area contributed by atoms with Gasteiger partial charge < -0.3 is 10.4 Å². The van der Waals surface area contributed by atoms with E-state index in [1.54, 1.807) is 18.3 Å². The van der Waals surface area contributed by atoms with E-state index in [0.717, 1.165) is 22.4 Å². The molecule has 2 aromatic carbocycles. The van der Waals surface area contributed by atoms with Crippen LogP contribution in [-0.2, 0) is 11.2 Å². The molecule has 1 aromatic heterocycles. The van der Waals surface area contributed by atoms with Gasteiger partial charge in [-0.15, -0.1) is 0 Å². The minimum Gasteiger partial charge on any atom is -0.508 e. The molecule has 0 spiro atoms. The second-order valence-electron chi connectivity index (χ2n) is 6.34. The number of pyridine rings is 1. The largest absolute Gasteiger partial charge is 0.508 e. The maximum atomic E-state index is 12.5. The van der Waals surface area contributed by atoms with Gasteiger partial charge in [0.15, 0.2) is 0 Å². The third-order valence-corrected chi connectivity index (χ3v) is 4.24. The first-order chi connectivity index (χ1) is 12.6. The average molecular weight is 346 g/mol. The fourth-order valence-corrected chi connectivity index (χ4v) is 2.88. The van der Waals surface area contributed by atoms with Gasteiger partial charge in [0.1, 0.15) is 5.75 Å². The van der Waals surface area contributed by atoms with E-state index in [1.165, 1.54) is 0 Å². The predicted octanol–water partition coefficient (Wildman–Crippen LogP) is 3.93. The van der Waals surface area contributed by atoms with Crippen LogP contribution in [0.1, 0.15) is 34.8 Å². The molecule has 0 saturated heterocycles. The highest BCUT2D eigenvalue weighted by molar-refractivity contribution is 5.77. The van der Waals surface area contributed by atoms with Crippen molar-refractivity contribution in [3.05, 3.63) is 95.3 Å². The van der Waals surface area contributed by atoms with Crippen LogP contribution >= 0.6 is 0 Å². The molecular weight excluding hydrogens is 324 g/mol. The summed E-state index contributed by atoms with van der Waals surface area (Å²) < 4.78 is 0. The molecule has 3 rings (SSSR count). The van der Waals surface area contributed by atoms with Crippen LogP contribution < -0.4 is 5.32 Å². The second kappa shape index (κ2) is 8.30. The molecule has 3 aromatic rings. The molecule has 0 bridgehead atoms. The number of phenolic OH excluding ortho intramolecular Hbond substituents is 1. The van der Waals surface area contributed by atoms with Crippen LogP contribution in [0, 0.1) is 6.92 Å². The van der Waals surface area contributed by atoms with Crippen LogP contribution in [-0.4, -0.2) is 16.0 Å². The number of benzene rings is 2. The zero-order valence-electron chi connectivity index (χ0n) is 14.7. The SMILES string of the molecule is Cc1cccc(C(NC(=O)CCc2ccc(O)cc2)c2ccccn2)c1. The van der Waals surface area contributed by atoms with E-state index in [2.05, 4.69) is 16.4 Å². The summed E-state index contributed by atoms with van der Waals surface area (Å²) in [6.45, 7) is 2.03. The Kier molecular flexibility index (Phi) is 5.64. The highest BCUT2D eigenvalue weighted by Gasteiger charge is 2.18. The maximum Gasteiger partial charge on any atom is 0.221 e. The number of aromatic nitrogens is 1. The predicted molar refractivity (Wildman–Crippen MR) is 102 cm³/mol. The molecule has 0 aliphatic carbocycles. The van der Waals surface area contributed by atoms with Crippen molar-refractivity contribution in [3.8, 4) is 5.75 Å². The van der Waals surface area contributed by atoms with Crippen molar-refractivity contribution in [2.24, 2.45) is 0 Å². The lowest BCUT2D eigenvalue weighted by Crippen LogP contribution is -2.30. The summed E-state index contributed by atoms with van der Waals surface area (Å²) in [5, 5.41) is 12.4. The van der Waals surface area contributed by atoms with Gasteiger partial charge in [-0.25, -0.2) is 0 Å². The van der Waals surface area contributed by atoms with Gasteiger partial charge in [0, 0.05) is 12.6 Å². The zero-order valence-corrected chi connectivity index (χ0v) is 14.7. The van der Waals surface area contributed by atoms with Gasteiger partial charge in [-0.2, -0.15) is 0 Å². The van der Waals surface area contributed by atoms with Crippen molar-refractivity contribution >= 4 is 5.91 Å². The Hall–Kier alpha value is -3.14. The van der Waals surface area contributed by atoms with E-state index in [-0.39, 0.29) is 17.7 Å². The monoisotopic (exact) mass is 346 g/mol. The van der Waals surface area contributed by atoms with Crippen molar-refractivity contribution in [2.45, 2.75) is 25.8 Å². The molecule has 132 valence electrons. The third-order valence-electron chi connectivity index (χ3n) is 4.24. The Balaban J connectivity index is 1.73. The van der Waals surface area contributed by atoms with Crippen molar-refractivity contribution in [1.29, 1.82) is 0 Å². The van der Waals surface area contributed by atoms with Crippen LogP contribution in [0.25, 0.3) is 0 Å². The van der Waals surface area contributed by atoms with Crippen molar-refractivity contribution in [3.63, 3.8) is 0 Å². The number of hydrogen-bond donors (Lipinski definition) is 2. The normalized spacial score (nSPS) is 11.7. The van der Waals surface area contributed by atoms with Gasteiger partial charge in [0.2, 0.25) is 5.91 Å². The van der Waals surface area contributed by atoms with E-state index >= 15 is 0 Å². The number of carbonyl (C=O) groups excluding carboxylic acids is 1. The number of carbonyl (C=O) groups is 1. The lowest BCUT2D eigenvalue weighted by molar-refractivity contribution is -0.121. The summed E-state index contributed by atoms with van der Waals surface area (Å²) in [7, 11) is 0. The Morgan fingerprint density at radius 2 is 1.88 bits per heavy atom. The molecule has 0 aliphatic heterocycles. The molecule has 0 saturated carbocycles. The number of rotatable bonds is 6. The van der Waals surface area contributed by atoms with E-state index < -0.39 is 0 Å². The molecule has 1 amide bonds. The number of nitrogens with one attached hydrogen (secondary N) is 1. The molecule has 0 aliphatic rings. The van der Waals surface area contributed by atoms with Crippen molar-refractivity contribution in [2.75, 3.05) is 0 Å². The number of phenols is 1. The van der Waals surface area contributed by atoms with Gasteiger partial charge in [-0.3, -0.25) is 9.78 Å². The first-order valence-corrected chi connectivity index (χ1v) is 8.66. The summed E-state index contributed by atoms with van der Waals surface area (Å²) in [5.41, 5.74) is 3.99. The number of hydrogen-bond acceptors (Lipinski definition) is 3. The first kappa shape index (κ1) is 17.7. The molecule has 4 heteroatoms. The Labute approximate surface area is 153 Å². The summed E-state index contributed by atoms with van der Waals surface area (Å²) in [6.07, 6.45) is 2.73. The van der Waals surface area contributed by atoms with E-state index in [0.29, 0.717) is 12.8 Å². The Bertz CT molecular complexity index is 861. The van der Waals surface area contributed by atoms with E-state index in [1.807, 2.05) is 55.5 Å². The number of aromatic hydroxyl groups is 1. The second-order valence-corrected chi connectivity index (χ2v) is 6.34. The molecule has 0 radical (unpaired) electrons. The van der Waals surface area contributed by atoms with Gasteiger partial charge in [0.25, 0.3) is 0 Å². The Morgan fingerprint density at radius 1 is 1.08 bits per heavy atom. The van der Waals surface area contributed by atoms with Gasteiger partial charge in [-0.1, -0.05) is 48.0 Å². The third kappa shape index (κ3) is 4.70. The van der Waals surface area contributed by atoms with Crippen molar-refractivity contribution in [1.82, 2.24) is 10.3 Å². The first-order valence-electron chi connectivity index (χ1n) is 8.66. The van der Waals surface area contributed by atoms with Crippen LogP contribution in [0.3, 0.4) is 0 Å². The highest BCUT2D eigenvalue weighted by atomic mass is 16.3. The fourth-order valence-electron chi connectivity index (χ4n) is 2.88. The quantitative estimate of drug-likeness (QED) is 0.711. The molecule has 26 heavy (non-hydrogen) atoms. The van der Waals surface area contributed by atoms with Gasteiger partial charge in [-0.05, 0) is 48.7 Å². The highest BCUT2D eigenvalue weighted by Crippen LogP contribution is 2.21. The molecule has 1 atom stereocenters. The van der Waals surface area contributed by atoms with Crippen LogP contribution in [0.5, 0.6) is 5.75 Å². The summed E-state index contributed by atoms with van der Waals surface area (Å²) in [4.78, 5) is 17.0. The van der Waals surface area contributed by atoms with Crippen LogP contribution in [0.4, 0.5) is 0 Å². The topological polar surface area (TPSA) is 62.2 Å². The Morgan fingerprint density at radius 3 is 2.58 bits per heavy atom. The van der Waals surface area contributed by atoms with Crippen molar-refractivity contribution < 1.29 is 9.90 Å².